The van der Waals surface area contributed by atoms with Crippen molar-refractivity contribution in [2.24, 2.45) is 0 Å². The Labute approximate surface area is 83.2 Å². The summed E-state index contributed by atoms with van der Waals surface area (Å²) in [5.74, 6) is -1.12. The lowest BCUT2D eigenvalue weighted by Crippen LogP contribution is -2.56. The molecule has 0 fully saturated rings. The topological polar surface area (TPSA) is 110 Å². The second kappa shape index (κ2) is 8.89. The van der Waals surface area contributed by atoms with Crippen molar-refractivity contribution >= 4 is 5.97 Å². The molecule has 0 aromatic carbocycles. The van der Waals surface area contributed by atoms with E-state index in [1.807, 2.05) is 13.8 Å². The Hall–Kier alpha value is -0.690. The minimum atomic E-state index is -1.31. The van der Waals surface area contributed by atoms with Crippen LogP contribution in [-0.4, -0.2) is 58.3 Å². The van der Waals surface area contributed by atoms with Gasteiger partial charge in [0, 0.05) is 0 Å². The summed E-state index contributed by atoms with van der Waals surface area (Å²) in [5.41, 5.74) is -1.31. The average Bonchev–Trinajstić information content (AvgIpc) is 2.23. The van der Waals surface area contributed by atoms with Crippen molar-refractivity contribution in [3.05, 3.63) is 0 Å². The lowest BCUT2D eigenvalue weighted by atomic mass is 10.0. The van der Waals surface area contributed by atoms with Crippen LogP contribution in [0.15, 0.2) is 0 Å². The monoisotopic (exact) mass is 209 g/mol. The third kappa shape index (κ3) is 5.87. The zero-order valence-corrected chi connectivity index (χ0v) is 8.53. The van der Waals surface area contributed by atoms with E-state index < -0.39 is 37.9 Å². The first-order valence-corrected chi connectivity index (χ1v) is 4.39. The Kier molecular flexibility index (Phi) is 10.0. The molecule has 0 aliphatic heterocycles. The van der Waals surface area contributed by atoms with Crippen molar-refractivity contribution in [3.63, 3.8) is 0 Å². The quantitative estimate of drug-likeness (QED) is 0.360. The molecule has 0 atom stereocenters. The molecular formula is C8H19NO5. The molecule has 0 aromatic heterocycles. The minimum absolute atomic E-state index is 0.415. The third-order valence-corrected chi connectivity index (χ3v) is 1.52. The van der Waals surface area contributed by atoms with Gasteiger partial charge in [-0.15, -0.1) is 0 Å². The number of rotatable bonds is 6. The molecule has 0 bridgehead atoms. The molecule has 0 amide bonds. The molecule has 5 N–H and O–H groups in total. The van der Waals surface area contributed by atoms with E-state index in [9.17, 15) is 4.79 Å². The number of hydrogen-bond acceptors (Lipinski definition) is 5. The lowest BCUT2D eigenvalue weighted by Gasteiger charge is -2.27. The number of aliphatic hydroxyl groups excluding tert-OH is 3. The smallest absolute Gasteiger partial charge is 0.317 e. The first-order valence-electron chi connectivity index (χ1n) is 4.39. The predicted octanol–water partition coefficient (Wildman–Crippen LogP) is -1.60. The van der Waals surface area contributed by atoms with Crippen molar-refractivity contribution in [1.82, 2.24) is 5.32 Å². The normalized spacial score (nSPS) is 10.4. The predicted molar refractivity (Wildman–Crippen MR) is 51.0 cm³/mol. The van der Waals surface area contributed by atoms with Gasteiger partial charge in [-0.1, -0.05) is 13.8 Å². The third-order valence-electron chi connectivity index (χ3n) is 1.52. The summed E-state index contributed by atoms with van der Waals surface area (Å²) in [7, 11) is 0. The molecule has 6 heteroatoms. The van der Waals surface area contributed by atoms with Crippen LogP contribution in [0.1, 0.15) is 13.8 Å². The zero-order chi connectivity index (χ0) is 11.6. The molecule has 0 saturated heterocycles. The molecule has 0 radical (unpaired) electrons. The van der Waals surface area contributed by atoms with Gasteiger partial charge in [-0.3, -0.25) is 10.1 Å². The van der Waals surface area contributed by atoms with Crippen molar-refractivity contribution in [2.45, 2.75) is 19.4 Å². The average molecular weight is 209 g/mol. The Morgan fingerprint density at radius 1 is 1.14 bits per heavy atom. The van der Waals surface area contributed by atoms with E-state index in [0.717, 1.165) is 0 Å². The fourth-order valence-electron chi connectivity index (χ4n) is 0.581. The van der Waals surface area contributed by atoms with Gasteiger partial charge in [-0.25, -0.2) is 0 Å². The Balaban J connectivity index is 0. The van der Waals surface area contributed by atoms with Crippen LogP contribution >= 0.6 is 0 Å². The van der Waals surface area contributed by atoms with Crippen LogP contribution in [0.25, 0.3) is 0 Å². The van der Waals surface area contributed by atoms with Crippen LogP contribution in [0.4, 0.5) is 0 Å². The molecule has 0 unspecified atom stereocenters. The number of nitrogens with one attached hydrogen (secondary N) is 1. The number of aliphatic hydroxyl groups is 3. The summed E-state index contributed by atoms with van der Waals surface area (Å²) in [6.07, 6.45) is 0. The van der Waals surface area contributed by atoms with Crippen LogP contribution in [0.3, 0.4) is 0 Å². The van der Waals surface area contributed by atoms with Gasteiger partial charge in [0.05, 0.1) is 31.9 Å². The molecule has 86 valence electrons. The van der Waals surface area contributed by atoms with E-state index in [1.165, 1.54) is 0 Å². The van der Waals surface area contributed by atoms with E-state index >= 15 is 0 Å². The van der Waals surface area contributed by atoms with Gasteiger partial charge in [-0.05, 0) is 0 Å². The molecule has 6 nitrogen and oxygen atoms in total. The SMILES string of the molecule is CC.O=C(O)CNC(CO)(CO)CO. The van der Waals surface area contributed by atoms with Gasteiger partial charge in [0.15, 0.2) is 0 Å². The maximum atomic E-state index is 10.1. The molecule has 0 saturated carbocycles. The number of carboxylic acids is 1. The van der Waals surface area contributed by atoms with Crippen molar-refractivity contribution in [3.8, 4) is 0 Å². The Morgan fingerprint density at radius 2 is 1.50 bits per heavy atom. The largest absolute Gasteiger partial charge is 0.480 e. The van der Waals surface area contributed by atoms with Gasteiger partial charge in [-0.2, -0.15) is 0 Å². The van der Waals surface area contributed by atoms with E-state index in [-0.39, 0.29) is 0 Å². The number of carboxylic acid groups (broad SMARTS) is 1. The summed E-state index contributed by atoms with van der Waals surface area (Å²) in [4.78, 5) is 10.1. The number of aliphatic carboxylic acids is 1. The second-order valence-corrected chi connectivity index (χ2v) is 2.50. The summed E-state index contributed by atoms with van der Waals surface area (Å²) in [6, 6.07) is 0. The fourth-order valence-corrected chi connectivity index (χ4v) is 0.581. The Bertz CT molecular complexity index is 138. The van der Waals surface area contributed by atoms with Gasteiger partial charge >= 0.3 is 5.97 Å². The van der Waals surface area contributed by atoms with Crippen LogP contribution in [-0.2, 0) is 4.79 Å². The van der Waals surface area contributed by atoms with E-state index in [4.69, 9.17) is 20.4 Å². The van der Waals surface area contributed by atoms with E-state index in [0.29, 0.717) is 0 Å². The van der Waals surface area contributed by atoms with Crippen molar-refractivity contribution in [2.75, 3.05) is 26.4 Å². The molecular weight excluding hydrogens is 190 g/mol. The van der Waals surface area contributed by atoms with E-state index in [2.05, 4.69) is 5.32 Å². The van der Waals surface area contributed by atoms with Crippen molar-refractivity contribution in [1.29, 1.82) is 0 Å². The van der Waals surface area contributed by atoms with Crippen LogP contribution in [0.2, 0.25) is 0 Å². The fraction of sp³-hybridized carbons (Fsp3) is 0.875. The molecule has 0 aliphatic rings. The molecule has 0 rings (SSSR count). The summed E-state index contributed by atoms with van der Waals surface area (Å²) < 4.78 is 0. The highest BCUT2D eigenvalue weighted by Gasteiger charge is 2.27. The number of carbonyl (C=O) groups is 1. The van der Waals surface area contributed by atoms with Crippen LogP contribution in [0.5, 0.6) is 0 Å². The Morgan fingerprint density at radius 3 is 1.71 bits per heavy atom. The van der Waals surface area contributed by atoms with Gasteiger partial charge in [0.2, 0.25) is 0 Å². The zero-order valence-electron chi connectivity index (χ0n) is 8.53. The standard InChI is InChI=1S/C6H13NO5.C2H6/c8-2-6(3-9,4-10)7-1-5(11)12;1-2/h7-10H,1-4H2,(H,11,12);1-2H3. The van der Waals surface area contributed by atoms with Gasteiger partial charge in [0.1, 0.15) is 0 Å². The summed E-state index contributed by atoms with van der Waals surface area (Å²) in [5, 5.41) is 36.7. The molecule has 0 spiro atoms. The summed E-state index contributed by atoms with van der Waals surface area (Å²) in [6.45, 7) is 2.02. The second-order valence-electron chi connectivity index (χ2n) is 2.50. The maximum Gasteiger partial charge on any atom is 0.317 e. The highest BCUT2D eigenvalue weighted by atomic mass is 16.4. The van der Waals surface area contributed by atoms with E-state index in [1.54, 1.807) is 0 Å². The van der Waals surface area contributed by atoms with Crippen molar-refractivity contribution < 1.29 is 25.2 Å². The number of hydrogen-bond donors (Lipinski definition) is 5. The van der Waals surface area contributed by atoms with Gasteiger partial charge in [0.25, 0.3) is 0 Å². The summed E-state index contributed by atoms with van der Waals surface area (Å²) >= 11 is 0. The minimum Gasteiger partial charge on any atom is -0.480 e. The molecule has 0 aliphatic carbocycles. The first-order chi connectivity index (χ1) is 6.60. The molecule has 0 aromatic rings. The first kappa shape index (κ1) is 15.8. The maximum absolute atomic E-state index is 10.1. The van der Waals surface area contributed by atoms with Gasteiger partial charge < -0.3 is 20.4 Å². The molecule has 0 heterocycles. The lowest BCUT2D eigenvalue weighted by molar-refractivity contribution is -0.136. The van der Waals surface area contributed by atoms with Crippen LogP contribution in [0, 0.1) is 0 Å². The highest BCUT2D eigenvalue weighted by Crippen LogP contribution is 1.99. The van der Waals surface area contributed by atoms with Crippen LogP contribution < -0.4 is 5.32 Å². The molecule has 14 heavy (non-hydrogen) atoms. The highest BCUT2D eigenvalue weighted by molar-refractivity contribution is 5.69.